The predicted octanol–water partition coefficient (Wildman–Crippen LogP) is 0.234. The van der Waals surface area contributed by atoms with E-state index in [1.807, 2.05) is 0 Å². The fourth-order valence-electron chi connectivity index (χ4n) is 0.288. The molecule has 0 aromatic rings. The quantitative estimate of drug-likeness (QED) is 0.573. The van der Waals surface area contributed by atoms with Gasteiger partial charge < -0.3 is 10.8 Å². The molecule has 0 aromatic carbocycles. The molecule has 0 aliphatic heterocycles. The zero-order valence-corrected chi connectivity index (χ0v) is 6.44. The van der Waals surface area contributed by atoms with Crippen molar-refractivity contribution in [3.63, 3.8) is 0 Å². The van der Waals surface area contributed by atoms with Crippen LogP contribution < -0.4 is 5.73 Å². The van der Waals surface area contributed by atoms with Gasteiger partial charge in [-0.15, -0.1) is 24.8 Å². The number of aliphatic carboxylic acids is 1. The first-order chi connectivity index (χ1) is 4.00. The molecule has 0 bridgehead atoms. The molecule has 0 unspecified atom stereocenters. The van der Waals surface area contributed by atoms with Gasteiger partial charge >= 0.3 is 5.97 Å². The van der Waals surface area contributed by atoms with Crippen molar-refractivity contribution < 1.29 is 9.90 Å². The second-order valence-corrected chi connectivity index (χ2v) is 2.10. The molecule has 1 atom stereocenters. The lowest BCUT2D eigenvalue weighted by Gasteiger charge is -2.14. The minimum absolute atomic E-state index is 0. The summed E-state index contributed by atoms with van der Waals surface area (Å²) in [6.07, 6.45) is 4.92. The zero-order valence-electron chi connectivity index (χ0n) is 5.63. The number of carboxylic acid groups (broad SMARTS) is 1. The summed E-state index contributed by atoms with van der Waals surface area (Å²) in [6, 6.07) is 0. The largest absolute Gasteiger partial charge is 0.480 e. The van der Waals surface area contributed by atoms with E-state index in [4.69, 9.17) is 17.3 Å². The monoisotopic (exact) mass is 163 g/mol. The van der Waals surface area contributed by atoms with Crippen molar-refractivity contribution in [2.24, 2.45) is 5.73 Å². The number of hydrogen-bond donors (Lipinski definition) is 2. The van der Waals surface area contributed by atoms with E-state index in [9.17, 15) is 4.79 Å². The highest BCUT2D eigenvalue weighted by Gasteiger charge is 2.25. The van der Waals surface area contributed by atoms with Gasteiger partial charge in [-0.3, -0.25) is 4.79 Å². The molecule has 3 nitrogen and oxygen atoms in total. The zero-order chi connectivity index (χ0) is 7.49. The molecule has 3 N–H and O–H groups in total. The number of carbonyl (C=O) groups is 1. The van der Waals surface area contributed by atoms with Crippen molar-refractivity contribution in [2.75, 3.05) is 0 Å². The third kappa shape index (κ3) is 3.33. The number of carboxylic acids is 1. The van der Waals surface area contributed by atoms with Crippen molar-refractivity contribution in [3.8, 4) is 12.3 Å². The molecular weight excluding hydrogens is 154 g/mol. The van der Waals surface area contributed by atoms with Crippen LogP contribution in [0.4, 0.5) is 0 Å². The van der Waals surface area contributed by atoms with Crippen LogP contribution in [0.15, 0.2) is 0 Å². The Morgan fingerprint density at radius 2 is 2.30 bits per heavy atom. The highest BCUT2D eigenvalue weighted by molar-refractivity contribution is 5.85. The van der Waals surface area contributed by atoms with Gasteiger partial charge in [0.05, 0.1) is 0 Å². The lowest BCUT2D eigenvalue weighted by Crippen LogP contribution is -2.44. The van der Waals surface area contributed by atoms with Gasteiger partial charge in [0, 0.05) is 6.42 Å². The van der Waals surface area contributed by atoms with Crippen molar-refractivity contribution in [1.29, 1.82) is 0 Å². The minimum atomic E-state index is -1.27. The van der Waals surface area contributed by atoms with E-state index in [1.54, 1.807) is 0 Å². The molecule has 0 amide bonds. The summed E-state index contributed by atoms with van der Waals surface area (Å²) in [7, 11) is 0. The Kier molecular flexibility index (Phi) is 4.98. The molecular formula is C6H10ClNO2. The standard InChI is InChI=1S/C6H9NO2.ClH/c1-3-4-6(2,7)5(8)9;/h1H,4,7H2,2H3,(H,8,9);1H/t6-;/m1./s1. The Morgan fingerprint density at radius 1 is 1.90 bits per heavy atom. The van der Waals surface area contributed by atoms with Crippen LogP contribution >= 0.6 is 12.4 Å². The van der Waals surface area contributed by atoms with Crippen LogP contribution in [0, 0.1) is 12.3 Å². The second kappa shape index (κ2) is 4.15. The third-order valence-corrected chi connectivity index (χ3v) is 0.958. The van der Waals surface area contributed by atoms with Crippen molar-refractivity contribution in [2.45, 2.75) is 18.9 Å². The highest BCUT2D eigenvalue weighted by Crippen LogP contribution is 2.02. The average molecular weight is 164 g/mol. The first-order valence-electron chi connectivity index (χ1n) is 2.46. The van der Waals surface area contributed by atoms with Gasteiger partial charge in [-0.2, -0.15) is 0 Å². The summed E-state index contributed by atoms with van der Waals surface area (Å²) < 4.78 is 0. The molecule has 0 saturated carbocycles. The number of rotatable bonds is 2. The van der Waals surface area contributed by atoms with Gasteiger partial charge in [0.2, 0.25) is 0 Å². The Labute approximate surface area is 66.0 Å². The molecule has 4 heteroatoms. The van der Waals surface area contributed by atoms with Crippen molar-refractivity contribution >= 4 is 18.4 Å². The van der Waals surface area contributed by atoms with Crippen molar-refractivity contribution in [1.82, 2.24) is 0 Å². The Morgan fingerprint density at radius 3 is 2.40 bits per heavy atom. The maximum absolute atomic E-state index is 10.2. The molecule has 0 rings (SSSR count). The van der Waals surface area contributed by atoms with Gasteiger partial charge in [0.1, 0.15) is 5.54 Å². The van der Waals surface area contributed by atoms with Crippen LogP contribution in [0.5, 0.6) is 0 Å². The molecule has 0 saturated heterocycles. The molecule has 0 aliphatic rings. The topological polar surface area (TPSA) is 63.3 Å². The van der Waals surface area contributed by atoms with E-state index >= 15 is 0 Å². The average Bonchev–Trinajstić information content (AvgIpc) is 1.65. The first-order valence-corrected chi connectivity index (χ1v) is 2.46. The van der Waals surface area contributed by atoms with Gasteiger partial charge in [-0.05, 0) is 6.92 Å². The van der Waals surface area contributed by atoms with E-state index < -0.39 is 11.5 Å². The van der Waals surface area contributed by atoms with Crippen LogP contribution in [0.3, 0.4) is 0 Å². The molecule has 0 radical (unpaired) electrons. The fourth-order valence-corrected chi connectivity index (χ4v) is 0.288. The van der Waals surface area contributed by atoms with E-state index in [-0.39, 0.29) is 18.8 Å². The SMILES string of the molecule is C#CC[C@@](C)(N)C(=O)O.Cl. The highest BCUT2D eigenvalue weighted by atomic mass is 35.5. The molecule has 0 spiro atoms. The summed E-state index contributed by atoms with van der Waals surface area (Å²) in [4.78, 5) is 10.2. The van der Waals surface area contributed by atoms with Crippen LogP contribution in [0.25, 0.3) is 0 Å². The second-order valence-electron chi connectivity index (χ2n) is 2.10. The summed E-state index contributed by atoms with van der Waals surface area (Å²) in [5, 5.41) is 8.35. The summed E-state index contributed by atoms with van der Waals surface area (Å²) in [5.74, 6) is 1.11. The van der Waals surface area contributed by atoms with Crippen LogP contribution in [0.2, 0.25) is 0 Å². The maximum atomic E-state index is 10.2. The van der Waals surface area contributed by atoms with E-state index in [0.29, 0.717) is 0 Å². The molecule has 0 fully saturated rings. The molecule has 0 aromatic heterocycles. The number of nitrogens with two attached hydrogens (primary N) is 1. The van der Waals surface area contributed by atoms with Gasteiger partial charge in [0.25, 0.3) is 0 Å². The van der Waals surface area contributed by atoms with E-state index in [1.165, 1.54) is 6.92 Å². The smallest absolute Gasteiger partial charge is 0.324 e. The maximum Gasteiger partial charge on any atom is 0.324 e. The first kappa shape index (κ1) is 12.0. The Hall–Kier alpha value is -0.720. The van der Waals surface area contributed by atoms with E-state index in [0.717, 1.165) is 0 Å². The number of terminal acetylenes is 1. The summed E-state index contributed by atoms with van der Waals surface area (Å²) in [6.45, 7) is 1.38. The predicted molar refractivity (Wildman–Crippen MR) is 40.9 cm³/mol. The van der Waals surface area contributed by atoms with E-state index in [2.05, 4.69) is 5.92 Å². The molecule has 0 heterocycles. The fraction of sp³-hybridized carbons (Fsp3) is 0.500. The van der Waals surface area contributed by atoms with Crippen LogP contribution in [-0.4, -0.2) is 16.6 Å². The third-order valence-electron chi connectivity index (χ3n) is 0.958. The number of halogens is 1. The summed E-state index contributed by atoms with van der Waals surface area (Å²) >= 11 is 0. The van der Waals surface area contributed by atoms with Gasteiger partial charge in [-0.25, -0.2) is 0 Å². The molecule has 10 heavy (non-hydrogen) atoms. The minimum Gasteiger partial charge on any atom is -0.480 e. The van der Waals surface area contributed by atoms with Crippen LogP contribution in [-0.2, 0) is 4.79 Å². The Bertz CT molecular complexity index is 160. The van der Waals surface area contributed by atoms with Crippen LogP contribution in [0.1, 0.15) is 13.3 Å². The van der Waals surface area contributed by atoms with Gasteiger partial charge in [0.15, 0.2) is 0 Å². The summed E-state index contributed by atoms with van der Waals surface area (Å²) in [5.41, 5.74) is 3.96. The Balaban J connectivity index is 0. The lowest BCUT2D eigenvalue weighted by atomic mass is 10.0. The lowest BCUT2D eigenvalue weighted by molar-refractivity contribution is -0.142. The van der Waals surface area contributed by atoms with Gasteiger partial charge in [-0.1, -0.05) is 0 Å². The molecule has 0 aliphatic carbocycles. The molecule has 58 valence electrons. The normalized spacial score (nSPS) is 14.1. The number of hydrogen-bond acceptors (Lipinski definition) is 2. The van der Waals surface area contributed by atoms with Crippen molar-refractivity contribution in [3.05, 3.63) is 0 Å².